The van der Waals surface area contributed by atoms with Crippen molar-refractivity contribution in [1.29, 1.82) is 0 Å². The van der Waals surface area contributed by atoms with Crippen LogP contribution in [-0.2, 0) is 9.59 Å². The zero-order valence-electron chi connectivity index (χ0n) is 4.55. The maximum atomic E-state index is 10.5. The molecule has 0 aromatic rings. The third-order valence-corrected chi connectivity index (χ3v) is 1.27. The largest absolute Gasteiger partial charge is 0.294 e. The lowest BCUT2D eigenvalue weighted by molar-refractivity contribution is -0.124. The van der Waals surface area contributed by atoms with E-state index in [1.54, 1.807) is 6.92 Å². The van der Waals surface area contributed by atoms with E-state index >= 15 is 0 Å². The molecule has 0 unspecified atom stereocenters. The number of carbonyl (C=O) groups excluding carboxylic acids is 2. The summed E-state index contributed by atoms with van der Waals surface area (Å²) in [5.74, 6) is -0.556. The van der Waals surface area contributed by atoms with Gasteiger partial charge in [0.15, 0.2) is 11.6 Å². The molecule has 0 N–H and O–H groups in total. The minimum absolute atomic E-state index is 0.0741. The third-order valence-electron chi connectivity index (χ3n) is 1.27. The lowest BCUT2D eigenvalue weighted by atomic mass is 10.1. The summed E-state index contributed by atoms with van der Waals surface area (Å²) >= 11 is 0. The second-order valence-corrected chi connectivity index (χ2v) is 1.86. The first kappa shape index (κ1) is 5.22. The van der Waals surface area contributed by atoms with Crippen LogP contribution in [0.1, 0.15) is 6.92 Å². The standard InChI is InChI=1S/C6H6O2/c1-4-5(7)2-3-6(4)8/h2-4H,1H3. The summed E-state index contributed by atoms with van der Waals surface area (Å²) in [5.41, 5.74) is 0. The van der Waals surface area contributed by atoms with Gasteiger partial charge in [-0.3, -0.25) is 9.59 Å². The maximum absolute atomic E-state index is 10.5. The van der Waals surface area contributed by atoms with Crippen LogP contribution in [0.2, 0.25) is 0 Å². The van der Waals surface area contributed by atoms with E-state index in [1.165, 1.54) is 12.2 Å². The number of allylic oxidation sites excluding steroid dienone is 2. The summed E-state index contributed by atoms with van der Waals surface area (Å²) in [5, 5.41) is 0. The van der Waals surface area contributed by atoms with E-state index in [1.807, 2.05) is 0 Å². The number of carbonyl (C=O) groups is 2. The van der Waals surface area contributed by atoms with E-state index in [4.69, 9.17) is 0 Å². The zero-order valence-corrected chi connectivity index (χ0v) is 4.55. The van der Waals surface area contributed by atoms with Crippen molar-refractivity contribution >= 4 is 11.6 Å². The van der Waals surface area contributed by atoms with Crippen molar-refractivity contribution in [3.05, 3.63) is 12.2 Å². The van der Waals surface area contributed by atoms with E-state index in [9.17, 15) is 9.59 Å². The zero-order chi connectivity index (χ0) is 6.15. The Bertz CT molecular complexity index is 149. The van der Waals surface area contributed by atoms with Gasteiger partial charge in [-0.2, -0.15) is 0 Å². The van der Waals surface area contributed by atoms with Gasteiger partial charge in [-0.05, 0) is 19.1 Å². The van der Waals surface area contributed by atoms with Gasteiger partial charge in [0.25, 0.3) is 0 Å². The Morgan fingerprint density at radius 1 is 1.25 bits per heavy atom. The first-order valence-corrected chi connectivity index (χ1v) is 2.47. The monoisotopic (exact) mass is 110 g/mol. The fraction of sp³-hybridized carbons (Fsp3) is 0.333. The van der Waals surface area contributed by atoms with Gasteiger partial charge in [-0.15, -0.1) is 0 Å². The molecule has 0 amide bonds. The highest BCUT2D eigenvalue weighted by molar-refractivity contribution is 6.18. The molecule has 1 aliphatic carbocycles. The van der Waals surface area contributed by atoms with Crippen LogP contribution in [0.5, 0.6) is 0 Å². The molecule has 0 radical (unpaired) electrons. The van der Waals surface area contributed by atoms with E-state index in [0.717, 1.165) is 0 Å². The van der Waals surface area contributed by atoms with Gasteiger partial charge in [0, 0.05) is 0 Å². The number of hydrogen-bond donors (Lipinski definition) is 0. The molecule has 0 spiro atoms. The Morgan fingerprint density at radius 3 is 1.75 bits per heavy atom. The molecule has 0 aromatic heterocycles. The van der Waals surface area contributed by atoms with Crippen LogP contribution in [0.15, 0.2) is 12.2 Å². The molecule has 42 valence electrons. The highest BCUT2D eigenvalue weighted by Crippen LogP contribution is 2.07. The summed E-state index contributed by atoms with van der Waals surface area (Å²) in [7, 11) is 0. The number of rotatable bonds is 0. The Labute approximate surface area is 47.2 Å². The molecule has 0 atom stereocenters. The average Bonchev–Trinajstić information content (AvgIpc) is 1.98. The first-order chi connectivity index (χ1) is 3.72. The second kappa shape index (κ2) is 1.54. The third kappa shape index (κ3) is 0.579. The van der Waals surface area contributed by atoms with E-state index in [0.29, 0.717) is 0 Å². The molecule has 0 fully saturated rings. The maximum Gasteiger partial charge on any atom is 0.166 e. The van der Waals surface area contributed by atoms with Gasteiger partial charge in [-0.1, -0.05) is 0 Å². The van der Waals surface area contributed by atoms with Gasteiger partial charge < -0.3 is 0 Å². The molecular formula is C6H6O2. The van der Waals surface area contributed by atoms with E-state index < -0.39 is 5.92 Å². The van der Waals surface area contributed by atoms with E-state index in [2.05, 4.69) is 0 Å². The van der Waals surface area contributed by atoms with Crippen molar-refractivity contribution in [2.24, 2.45) is 5.92 Å². The average molecular weight is 110 g/mol. The van der Waals surface area contributed by atoms with Crippen molar-refractivity contribution in [3.8, 4) is 0 Å². The van der Waals surface area contributed by atoms with Gasteiger partial charge >= 0.3 is 0 Å². The number of ketones is 2. The van der Waals surface area contributed by atoms with Crippen molar-refractivity contribution in [1.82, 2.24) is 0 Å². The van der Waals surface area contributed by atoms with Crippen molar-refractivity contribution in [2.75, 3.05) is 0 Å². The van der Waals surface area contributed by atoms with Crippen molar-refractivity contribution < 1.29 is 9.59 Å². The summed E-state index contributed by atoms with van der Waals surface area (Å²) in [6.45, 7) is 1.62. The Kier molecular flexibility index (Phi) is 1.01. The molecule has 1 rings (SSSR count). The van der Waals surface area contributed by atoms with Gasteiger partial charge in [0.05, 0.1) is 5.92 Å². The Balaban J connectivity index is 2.84. The van der Waals surface area contributed by atoms with Crippen LogP contribution in [0, 0.1) is 5.92 Å². The molecular weight excluding hydrogens is 104 g/mol. The second-order valence-electron chi connectivity index (χ2n) is 1.86. The molecule has 1 aliphatic rings. The number of hydrogen-bond acceptors (Lipinski definition) is 2. The fourth-order valence-electron chi connectivity index (χ4n) is 0.593. The quantitative estimate of drug-likeness (QED) is 0.421. The van der Waals surface area contributed by atoms with Crippen LogP contribution in [-0.4, -0.2) is 11.6 Å². The van der Waals surface area contributed by atoms with Crippen LogP contribution < -0.4 is 0 Å². The molecule has 0 heterocycles. The molecule has 0 aliphatic heterocycles. The van der Waals surface area contributed by atoms with Crippen LogP contribution in [0.4, 0.5) is 0 Å². The van der Waals surface area contributed by atoms with Gasteiger partial charge in [-0.25, -0.2) is 0 Å². The lowest BCUT2D eigenvalue weighted by Crippen LogP contribution is -2.09. The topological polar surface area (TPSA) is 34.1 Å². The molecule has 0 saturated heterocycles. The summed E-state index contributed by atoms with van der Waals surface area (Å²) < 4.78 is 0. The molecule has 0 aromatic carbocycles. The van der Waals surface area contributed by atoms with Crippen molar-refractivity contribution in [2.45, 2.75) is 6.92 Å². The summed E-state index contributed by atoms with van der Waals surface area (Å²) in [4.78, 5) is 21.0. The molecule has 0 saturated carbocycles. The Hall–Kier alpha value is -0.920. The Morgan fingerprint density at radius 2 is 1.62 bits per heavy atom. The smallest absolute Gasteiger partial charge is 0.166 e. The minimum Gasteiger partial charge on any atom is -0.294 e. The highest BCUT2D eigenvalue weighted by Gasteiger charge is 2.21. The highest BCUT2D eigenvalue weighted by atomic mass is 16.2. The first-order valence-electron chi connectivity index (χ1n) is 2.47. The molecule has 2 heteroatoms. The fourth-order valence-corrected chi connectivity index (χ4v) is 0.593. The molecule has 0 bridgehead atoms. The van der Waals surface area contributed by atoms with Crippen LogP contribution in [0.25, 0.3) is 0 Å². The van der Waals surface area contributed by atoms with Gasteiger partial charge in [0.1, 0.15) is 0 Å². The molecule has 8 heavy (non-hydrogen) atoms. The normalized spacial score (nSPS) is 20.6. The lowest BCUT2D eigenvalue weighted by Gasteiger charge is -1.91. The molecule has 2 nitrogen and oxygen atoms in total. The predicted molar refractivity (Wildman–Crippen MR) is 28.3 cm³/mol. The summed E-state index contributed by atoms with van der Waals surface area (Å²) in [6, 6.07) is 0. The van der Waals surface area contributed by atoms with Gasteiger partial charge in [0.2, 0.25) is 0 Å². The van der Waals surface area contributed by atoms with Crippen LogP contribution >= 0.6 is 0 Å². The van der Waals surface area contributed by atoms with Crippen LogP contribution in [0.3, 0.4) is 0 Å². The SMILES string of the molecule is CC1C(=O)C=CC1=O. The van der Waals surface area contributed by atoms with Crippen molar-refractivity contribution in [3.63, 3.8) is 0 Å². The summed E-state index contributed by atoms with van der Waals surface area (Å²) in [6.07, 6.45) is 2.65. The minimum atomic E-state index is -0.407. The van der Waals surface area contributed by atoms with E-state index in [-0.39, 0.29) is 11.6 Å². The predicted octanol–water partition coefficient (Wildman–Crippen LogP) is 0.330.